The lowest BCUT2D eigenvalue weighted by molar-refractivity contribution is 0.158. The maximum Gasteiger partial charge on any atom is 0.147 e. The van der Waals surface area contributed by atoms with E-state index in [1.54, 1.807) is 0 Å². The van der Waals surface area contributed by atoms with Crippen LogP contribution in [0.25, 0.3) is 0 Å². The van der Waals surface area contributed by atoms with Crippen LogP contribution in [-0.4, -0.2) is 28.0 Å². The summed E-state index contributed by atoms with van der Waals surface area (Å²) in [6.45, 7) is 1.68. The third-order valence-corrected chi connectivity index (χ3v) is 3.68. The average Bonchev–Trinajstić information content (AvgIpc) is 2.59. The van der Waals surface area contributed by atoms with Gasteiger partial charge in [-0.15, -0.1) is 21.8 Å². The van der Waals surface area contributed by atoms with Gasteiger partial charge in [0.2, 0.25) is 0 Å². The molecular formula is C9H12ClN3O. The van der Waals surface area contributed by atoms with E-state index in [4.69, 9.17) is 16.3 Å². The number of fused-ring (bicyclic) bond motifs is 1. The maximum absolute atomic E-state index is 5.76. The predicted molar refractivity (Wildman–Crippen MR) is 51.2 cm³/mol. The molecule has 1 aliphatic carbocycles. The normalized spacial score (nSPS) is 34.6. The SMILES string of the molecule is Cn1c(CCl)nnc1C12COCC1C2. The van der Waals surface area contributed by atoms with Crippen molar-refractivity contribution in [2.75, 3.05) is 13.2 Å². The smallest absolute Gasteiger partial charge is 0.147 e. The first-order valence-electron chi connectivity index (χ1n) is 4.80. The minimum atomic E-state index is 0.173. The fourth-order valence-corrected chi connectivity index (χ4v) is 2.64. The molecule has 4 nitrogen and oxygen atoms in total. The van der Waals surface area contributed by atoms with Gasteiger partial charge in [0.05, 0.1) is 24.5 Å². The van der Waals surface area contributed by atoms with Gasteiger partial charge < -0.3 is 9.30 Å². The molecule has 5 heteroatoms. The van der Waals surface area contributed by atoms with E-state index in [9.17, 15) is 0 Å². The Bertz CT molecular complexity index is 378. The van der Waals surface area contributed by atoms with E-state index in [1.807, 2.05) is 11.6 Å². The molecule has 1 saturated carbocycles. The summed E-state index contributed by atoms with van der Waals surface area (Å²) in [5, 5.41) is 8.31. The third kappa shape index (κ3) is 0.929. The zero-order chi connectivity index (χ0) is 9.76. The molecule has 3 rings (SSSR count). The van der Waals surface area contributed by atoms with Crippen LogP contribution in [0, 0.1) is 5.92 Å². The van der Waals surface area contributed by atoms with Crippen LogP contribution in [0.3, 0.4) is 0 Å². The minimum absolute atomic E-state index is 0.173. The zero-order valence-electron chi connectivity index (χ0n) is 8.03. The number of halogens is 1. The van der Waals surface area contributed by atoms with Gasteiger partial charge in [-0.2, -0.15) is 0 Å². The number of hydrogen-bond acceptors (Lipinski definition) is 3. The molecule has 0 radical (unpaired) electrons. The summed E-state index contributed by atoms with van der Waals surface area (Å²) in [5.74, 6) is 2.98. The molecule has 0 N–H and O–H groups in total. The number of rotatable bonds is 2. The molecule has 0 spiro atoms. The van der Waals surface area contributed by atoms with Gasteiger partial charge >= 0.3 is 0 Å². The van der Waals surface area contributed by atoms with Crippen molar-refractivity contribution in [2.24, 2.45) is 13.0 Å². The van der Waals surface area contributed by atoms with Gasteiger partial charge in [-0.3, -0.25) is 0 Å². The molecule has 1 aliphatic heterocycles. The van der Waals surface area contributed by atoms with Crippen LogP contribution in [0.1, 0.15) is 18.1 Å². The Kier molecular flexibility index (Phi) is 1.67. The number of ether oxygens (including phenoxy) is 1. The van der Waals surface area contributed by atoms with Gasteiger partial charge in [0, 0.05) is 7.05 Å². The second kappa shape index (κ2) is 2.70. The minimum Gasteiger partial charge on any atom is -0.380 e. The second-order valence-electron chi connectivity index (χ2n) is 4.20. The number of aromatic nitrogens is 3. The average molecular weight is 214 g/mol. The summed E-state index contributed by atoms with van der Waals surface area (Å²) in [7, 11) is 1.98. The van der Waals surface area contributed by atoms with Crippen LogP contribution in [-0.2, 0) is 23.1 Å². The highest BCUT2D eigenvalue weighted by atomic mass is 35.5. The highest BCUT2D eigenvalue weighted by Crippen LogP contribution is 2.57. The first-order chi connectivity index (χ1) is 6.78. The second-order valence-corrected chi connectivity index (χ2v) is 4.47. The van der Waals surface area contributed by atoms with Gasteiger partial charge in [-0.1, -0.05) is 0 Å². The van der Waals surface area contributed by atoms with Crippen molar-refractivity contribution in [1.82, 2.24) is 14.8 Å². The molecule has 2 atom stereocenters. The van der Waals surface area contributed by atoms with Crippen molar-refractivity contribution in [3.8, 4) is 0 Å². The van der Waals surface area contributed by atoms with E-state index in [0.717, 1.165) is 24.9 Å². The van der Waals surface area contributed by atoms with Crippen molar-refractivity contribution in [2.45, 2.75) is 17.7 Å². The summed E-state index contributed by atoms with van der Waals surface area (Å²) >= 11 is 5.76. The molecule has 2 heterocycles. The lowest BCUT2D eigenvalue weighted by Crippen LogP contribution is -2.17. The molecule has 2 aliphatic rings. The van der Waals surface area contributed by atoms with Gasteiger partial charge in [0.1, 0.15) is 11.6 Å². The van der Waals surface area contributed by atoms with Gasteiger partial charge in [-0.25, -0.2) is 0 Å². The molecule has 76 valence electrons. The number of alkyl halides is 1. The molecule has 0 bridgehead atoms. The monoisotopic (exact) mass is 213 g/mol. The Hall–Kier alpha value is -0.610. The highest BCUT2D eigenvalue weighted by molar-refractivity contribution is 6.16. The molecule has 1 saturated heterocycles. The topological polar surface area (TPSA) is 39.9 Å². The van der Waals surface area contributed by atoms with Crippen LogP contribution in [0.2, 0.25) is 0 Å². The quantitative estimate of drug-likeness (QED) is 0.684. The fraction of sp³-hybridized carbons (Fsp3) is 0.778. The Balaban J connectivity index is 2.01. The Labute approximate surface area is 87.2 Å². The summed E-state index contributed by atoms with van der Waals surface area (Å²) in [4.78, 5) is 0. The Morgan fingerprint density at radius 1 is 1.64 bits per heavy atom. The van der Waals surface area contributed by atoms with Crippen LogP contribution in [0.4, 0.5) is 0 Å². The first-order valence-corrected chi connectivity index (χ1v) is 5.34. The summed E-state index contributed by atoms with van der Waals surface area (Å²) in [6.07, 6.45) is 1.20. The Morgan fingerprint density at radius 3 is 3.00 bits per heavy atom. The number of hydrogen-bond donors (Lipinski definition) is 0. The molecule has 2 fully saturated rings. The van der Waals surface area contributed by atoms with E-state index >= 15 is 0 Å². The zero-order valence-corrected chi connectivity index (χ0v) is 8.79. The van der Waals surface area contributed by atoms with E-state index in [2.05, 4.69) is 10.2 Å². The van der Waals surface area contributed by atoms with Crippen molar-refractivity contribution in [3.63, 3.8) is 0 Å². The van der Waals surface area contributed by atoms with Crippen molar-refractivity contribution >= 4 is 11.6 Å². The standard InChI is InChI=1S/C9H12ClN3O/c1-13-7(3-10)11-12-8(13)9-2-6(9)4-14-5-9/h6H,2-5H2,1H3. The molecule has 2 unspecified atom stereocenters. The molecule has 0 aromatic carbocycles. The molecule has 14 heavy (non-hydrogen) atoms. The molecule has 1 aromatic heterocycles. The van der Waals surface area contributed by atoms with Crippen LogP contribution in [0.5, 0.6) is 0 Å². The number of nitrogens with zero attached hydrogens (tertiary/aromatic N) is 3. The lowest BCUT2D eigenvalue weighted by Gasteiger charge is -2.09. The first kappa shape index (κ1) is 8.68. The van der Waals surface area contributed by atoms with Gasteiger partial charge in [-0.05, 0) is 12.3 Å². The Morgan fingerprint density at radius 2 is 2.50 bits per heavy atom. The van der Waals surface area contributed by atoms with Crippen LogP contribution >= 0.6 is 11.6 Å². The largest absolute Gasteiger partial charge is 0.380 e. The van der Waals surface area contributed by atoms with E-state index in [-0.39, 0.29) is 5.41 Å². The lowest BCUT2D eigenvalue weighted by atomic mass is 10.1. The molecule has 1 aromatic rings. The molecular weight excluding hydrogens is 202 g/mol. The van der Waals surface area contributed by atoms with Gasteiger partial charge in [0.25, 0.3) is 0 Å². The van der Waals surface area contributed by atoms with Crippen molar-refractivity contribution in [3.05, 3.63) is 11.6 Å². The van der Waals surface area contributed by atoms with E-state index in [1.165, 1.54) is 6.42 Å². The van der Waals surface area contributed by atoms with Crippen LogP contribution in [0.15, 0.2) is 0 Å². The van der Waals surface area contributed by atoms with Crippen molar-refractivity contribution < 1.29 is 4.74 Å². The maximum atomic E-state index is 5.76. The van der Waals surface area contributed by atoms with E-state index < -0.39 is 0 Å². The van der Waals surface area contributed by atoms with Crippen molar-refractivity contribution in [1.29, 1.82) is 0 Å². The highest BCUT2D eigenvalue weighted by Gasteiger charge is 2.62. The summed E-state index contributed by atoms with van der Waals surface area (Å²) in [5.41, 5.74) is 0.173. The van der Waals surface area contributed by atoms with Crippen LogP contribution < -0.4 is 0 Å². The summed E-state index contributed by atoms with van der Waals surface area (Å²) < 4.78 is 7.46. The summed E-state index contributed by atoms with van der Waals surface area (Å²) in [6, 6.07) is 0. The van der Waals surface area contributed by atoms with E-state index in [0.29, 0.717) is 11.8 Å². The van der Waals surface area contributed by atoms with Gasteiger partial charge in [0.15, 0.2) is 0 Å². The predicted octanol–water partition coefficient (Wildman–Crippen LogP) is 0.842. The third-order valence-electron chi connectivity index (χ3n) is 3.44. The molecule has 0 amide bonds. The fourth-order valence-electron chi connectivity index (χ4n) is 2.41.